The van der Waals surface area contributed by atoms with Crippen molar-refractivity contribution in [3.05, 3.63) is 42.2 Å². The molecule has 0 aromatic carbocycles. The Bertz CT molecular complexity index is 802. The molecule has 0 atom stereocenters. The Kier molecular flexibility index (Phi) is 4.52. The number of hydrogen-bond donors (Lipinski definition) is 1. The van der Waals surface area contributed by atoms with Crippen LogP contribution in [0.4, 0.5) is 0 Å². The zero-order chi connectivity index (χ0) is 18.9. The van der Waals surface area contributed by atoms with Gasteiger partial charge in [-0.05, 0) is 6.07 Å². The summed E-state index contributed by atoms with van der Waals surface area (Å²) in [5.41, 5.74) is -0.184. The number of amides is 1. The molecule has 0 spiro atoms. The molecule has 1 aliphatic heterocycles. The third kappa shape index (κ3) is 3.18. The number of rotatable bonds is 3. The molecule has 1 amide bonds. The zero-order valence-corrected chi connectivity index (χ0v) is 15.2. The number of carboxylic acids is 1. The van der Waals surface area contributed by atoms with Crippen LogP contribution in [0.15, 0.2) is 30.9 Å². The zero-order valence-electron chi connectivity index (χ0n) is 15.2. The number of carbonyl (C=O) groups excluding carboxylic acids is 1. The van der Waals surface area contributed by atoms with Gasteiger partial charge in [-0.2, -0.15) is 5.10 Å². The van der Waals surface area contributed by atoms with E-state index in [2.05, 4.69) is 15.1 Å². The second-order valence-corrected chi connectivity index (χ2v) is 7.62. The maximum absolute atomic E-state index is 12.5. The van der Waals surface area contributed by atoms with Gasteiger partial charge in [0.2, 0.25) is 0 Å². The summed E-state index contributed by atoms with van der Waals surface area (Å²) in [5.74, 6) is -1.15. The van der Waals surface area contributed by atoms with E-state index in [1.807, 2.05) is 26.8 Å². The Balaban J connectivity index is 1.80. The molecule has 8 nitrogen and oxygen atoms in total. The van der Waals surface area contributed by atoms with Gasteiger partial charge in [-0.1, -0.05) is 20.8 Å². The van der Waals surface area contributed by atoms with Gasteiger partial charge in [-0.3, -0.25) is 14.5 Å². The number of likely N-dealkylation sites (tertiary alicyclic amines) is 1. The Morgan fingerprint density at radius 3 is 2.38 bits per heavy atom. The van der Waals surface area contributed by atoms with Crippen LogP contribution in [0, 0.1) is 0 Å². The standard InChI is InChI=1S/C18H23N5O3/c1-17(2,3)14-4-9-23(21-14)18(16(25)26)5-10-22(11-6-18)15(24)13-12-19-7-8-20-13/h4,7-9,12H,5-6,10-11H2,1-3H3,(H,25,26). The van der Waals surface area contributed by atoms with Crippen LogP contribution in [-0.4, -0.2) is 54.7 Å². The molecule has 0 bridgehead atoms. The van der Waals surface area contributed by atoms with Gasteiger partial charge < -0.3 is 10.0 Å². The highest BCUT2D eigenvalue weighted by atomic mass is 16.4. The highest BCUT2D eigenvalue weighted by Gasteiger charge is 2.45. The Morgan fingerprint density at radius 1 is 1.19 bits per heavy atom. The first-order valence-corrected chi connectivity index (χ1v) is 8.59. The molecule has 1 saturated heterocycles. The van der Waals surface area contributed by atoms with E-state index >= 15 is 0 Å². The van der Waals surface area contributed by atoms with Gasteiger partial charge in [0.05, 0.1) is 11.9 Å². The van der Waals surface area contributed by atoms with E-state index in [4.69, 9.17) is 0 Å². The maximum atomic E-state index is 12.5. The summed E-state index contributed by atoms with van der Waals surface area (Å²) in [5, 5.41) is 14.4. The first kappa shape index (κ1) is 18.0. The van der Waals surface area contributed by atoms with Crippen molar-refractivity contribution in [1.82, 2.24) is 24.6 Å². The van der Waals surface area contributed by atoms with Crippen LogP contribution in [0.2, 0.25) is 0 Å². The second kappa shape index (κ2) is 6.51. The molecular weight excluding hydrogens is 334 g/mol. The van der Waals surface area contributed by atoms with E-state index in [0.717, 1.165) is 5.69 Å². The van der Waals surface area contributed by atoms with E-state index in [0.29, 0.717) is 25.9 Å². The molecule has 2 aromatic rings. The van der Waals surface area contributed by atoms with Crippen molar-refractivity contribution in [3.63, 3.8) is 0 Å². The van der Waals surface area contributed by atoms with Gasteiger partial charge in [0, 0.05) is 49.9 Å². The summed E-state index contributed by atoms with van der Waals surface area (Å²) < 4.78 is 1.56. The monoisotopic (exact) mass is 357 g/mol. The highest BCUT2D eigenvalue weighted by molar-refractivity contribution is 5.92. The topological polar surface area (TPSA) is 101 Å². The first-order valence-electron chi connectivity index (χ1n) is 8.59. The normalized spacial score (nSPS) is 17.1. The number of hydrogen-bond acceptors (Lipinski definition) is 5. The predicted octanol–water partition coefficient (Wildman–Crippen LogP) is 1.69. The number of carboxylic acid groups (broad SMARTS) is 1. The number of piperidine rings is 1. The fourth-order valence-electron chi connectivity index (χ4n) is 3.15. The van der Waals surface area contributed by atoms with E-state index in [-0.39, 0.29) is 17.0 Å². The molecule has 1 fully saturated rings. The van der Waals surface area contributed by atoms with Crippen LogP contribution in [-0.2, 0) is 15.7 Å². The molecule has 2 aromatic heterocycles. The van der Waals surface area contributed by atoms with Crippen molar-refractivity contribution in [3.8, 4) is 0 Å². The van der Waals surface area contributed by atoms with Gasteiger partial charge >= 0.3 is 5.97 Å². The van der Waals surface area contributed by atoms with Gasteiger partial charge in [-0.25, -0.2) is 9.78 Å². The van der Waals surface area contributed by atoms with Gasteiger partial charge in [0.15, 0.2) is 5.54 Å². The molecule has 0 unspecified atom stereocenters. The fraction of sp³-hybridized carbons (Fsp3) is 0.500. The lowest BCUT2D eigenvalue weighted by Gasteiger charge is -2.38. The number of aromatic nitrogens is 4. The van der Waals surface area contributed by atoms with Crippen molar-refractivity contribution in [1.29, 1.82) is 0 Å². The third-order valence-corrected chi connectivity index (χ3v) is 4.85. The van der Waals surface area contributed by atoms with Crippen molar-refractivity contribution in [2.75, 3.05) is 13.1 Å². The number of carbonyl (C=O) groups is 2. The smallest absolute Gasteiger partial charge is 0.331 e. The van der Waals surface area contributed by atoms with E-state index in [9.17, 15) is 14.7 Å². The lowest BCUT2D eigenvalue weighted by atomic mass is 9.87. The molecule has 0 aliphatic carbocycles. The van der Waals surface area contributed by atoms with Crippen molar-refractivity contribution in [2.45, 2.75) is 44.6 Å². The number of aliphatic carboxylic acids is 1. The summed E-state index contributed by atoms with van der Waals surface area (Å²) in [4.78, 5) is 34.2. The summed E-state index contributed by atoms with van der Waals surface area (Å²) >= 11 is 0. The summed E-state index contributed by atoms with van der Waals surface area (Å²) in [6.45, 7) is 6.76. The summed E-state index contributed by atoms with van der Waals surface area (Å²) in [6, 6.07) is 1.86. The van der Waals surface area contributed by atoms with Crippen LogP contribution in [0.3, 0.4) is 0 Å². The average molecular weight is 357 g/mol. The van der Waals surface area contributed by atoms with Crippen LogP contribution < -0.4 is 0 Å². The van der Waals surface area contributed by atoms with Crippen molar-refractivity contribution in [2.24, 2.45) is 0 Å². The van der Waals surface area contributed by atoms with Gasteiger partial charge in [0.1, 0.15) is 5.69 Å². The van der Waals surface area contributed by atoms with Crippen LogP contribution in [0.5, 0.6) is 0 Å². The predicted molar refractivity (Wildman–Crippen MR) is 93.7 cm³/mol. The van der Waals surface area contributed by atoms with Crippen LogP contribution >= 0.6 is 0 Å². The molecule has 26 heavy (non-hydrogen) atoms. The lowest BCUT2D eigenvalue weighted by Crippen LogP contribution is -2.52. The van der Waals surface area contributed by atoms with E-state index < -0.39 is 11.5 Å². The Hall–Kier alpha value is -2.77. The largest absolute Gasteiger partial charge is 0.479 e. The Labute approximate surface area is 151 Å². The molecule has 8 heteroatoms. The SMILES string of the molecule is CC(C)(C)c1ccn(C2(C(=O)O)CCN(C(=O)c3cnccn3)CC2)n1. The summed E-state index contributed by atoms with van der Waals surface area (Å²) in [7, 11) is 0. The van der Waals surface area contributed by atoms with Crippen LogP contribution in [0.25, 0.3) is 0 Å². The van der Waals surface area contributed by atoms with E-state index in [1.54, 1.807) is 15.8 Å². The van der Waals surface area contributed by atoms with Crippen molar-refractivity contribution < 1.29 is 14.7 Å². The average Bonchev–Trinajstić information content (AvgIpc) is 3.13. The third-order valence-electron chi connectivity index (χ3n) is 4.85. The molecule has 0 saturated carbocycles. The summed E-state index contributed by atoms with van der Waals surface area (Å²) in [6.07, 6.45) is 6.71. The first-order chi connectivity index (χ1) is 12.2. The van der Waals surface area contributed by atoms with Gasteiger partial charge in [-0.15, -0.1) is 0 Å². The highest BCUT2D eigenvalue weighted by Crippen LogP contribution is 2.32. The second-order valence-electron chi connectivity index (χ2n) is 7.62. The maximum Gasteiger partial charge on any atom is 0.331 e. The minimum absolute atomic E-state index is 0.159. The van der Waals surface area contributed by atoms with E-state index in [1.165, 1.54) is 18.6 Å². The molecule has 0 radical (unpaired) electrons. The minimum atomic E-state index is -1.14. The molecule has 1 aliphatic rings. The lowest BCUT2D eigenvalue weighted by molar-refractivity contribution is -0.150. The van der Waals surface area contributed by atoms with Crippen LogP contribution in [0.1, 0.15) is 49.8 Å². The quantitative estimate of drug-likeness (QED) is 0.897. The van der Waals surface area contributed by atoms with Gasteiger partial charge in [0.25, 0.3) is 5.91 Å². The molecule has 138 valence electrons. The minimum Gasteiger partial charge on any atom is -0.479 e. The molecule has 3 rings (SSSR count). The van der Waals surface area contributed by atoms with Crippen molar-refractivity contribution >= 4 is 11.9 Å². The Morgan fingerprint density at radius 2 is 1.88 bits per heavy atom. The number of nitrogens with zero attached hydrogens (tertiary/aromatic N) is 5. The fourth-order valence-corrected chi connectivity index (χ4v) is 3.15. The molecule has 1 N–H and O–H groups in total. The molecular formula is C18H23N5O3. The molecule has 3 heterocycles.